The van der Waals surface area contributed by atoms with Crippen LogP contribution in [0.5, 0.6) is 0 Å². The maximum atomic E-state index is 11.2. The highest BCUT2D eigenvalue weighted by Crippen LogP contribution is 2.26. The minimum atomic E-state index is -0.672. The van der Waals surface area contributed by atoms with E-state index in [0.717, 1.165) is 42.7 Å². The summed E-state index contributed by atoms with van der Waals surface area (Å²) in [6, 6.07) is 8.13. The summed E-state index contributed by atoms with van der Waals surface area (Å²) >= 11 is 0. The zero-order chi connectivity index (χ0) is 18.5. The van der Waals surface area contributed by atoms with Crippen LogP contribution in [0.3, 0.4) is 0 Å². The molecule has 0 bridgehead atoms. The highest BCUT2D eigenvalue weighted by Gasteiger charge is 2.24. The Labute approximate surface area is 155 Å². The zero-order valence-electron chi connectivity index (χ0n) is 15.9. The highest BCUT2D eigenvalue weighted by molar-refractivity contribution is 5.54. The summed E-state index contributed by atoms with van der Waals surface area (Å²) in [5.41, 5.74) is 3.01. The van der Waals surface area contributed by atoms with E-state index in [1.54, 1.807) is 6.92 Å². The van der Waals surface area contributed by atoms with Crippen molar-refractivity contribution in [3.05, 3.63) is 41.3 Å². The molecular formula is C21H28NO4. The normalized spacial score (nSPS) is 21.7. The molecule has 26 heavy (non-hydrogen) atoms. The van der Waals surface area contributed by atoms with Crippen molar-refractivity contribution < 1.29 is 19.0 Å². The fraction of sp³-hybridized carbons (Fsp3) is 0.571. The molecule has 0 saturated heterocycles. The number of rotatable bonds is 7. The molecule has 5 heteroatoms. The molecule has 0 aliphatic heterocycles. The summed E-state index contributed by atoms with van der Waals surface area (Å²) in [6.07, 6.45) is 3.54. The molecule has 3 rings (SSSR count). The smallest absolute Gasteiger partial charge is 0.226 e. The lowest BCUT2D eigenvalue weighted by molar-refractivity contribution is -0.0768. The minimum absolute atomic E-state index is 0.131. The van der Waals surface area contributed by atoms with Crippen LogP contribution in [0.4, 0.5) is 0 Å². The molecule has 5 nitrogen and oxygen atoms in total. The molecule has 1 aromatic heterocycles. The molecule has 141 valence electrons. The van der Waals surface area contributed by atoms with Crippen molar-refractivity contribution in [2.45, 2.75) is 71.4 Å². The van der Waals surface area contributed by atoms with Crippen molar-refractivity contribution in [1.82, 2.24) is 4.98 Å². The fourth-order valence-corrected chi connectivity index (χ4v) is 3.34. The molecule has 1 radical (unpaired) electrons. The van der Waals surface area contributed by atoms with Gasteiger partial charge in [-0.3, -0.25) is 0 Å². The Bertz CT molecular complexity index is 710. The largest absolute Gasteiger partial charge is 0.441 e. The van der Waals surface area contributed by atoms with E-state index in [1.807, 2.05) is 19.1 Å². The SMILES string of the molecule is Cc1cccc(-c2nc(CO[C@H]3CCC[C@@H](OCC(C)[O])C3)c(C)o2)c1. The van der Waals surface area contributed by atoms with Crippen molar-refractivity contribution in [2.24, 2.45) is 0 Å². The molecule has 1 saturated carbocycles. The lowest BCUT2D eigenvalue weighted by Crippen LogP contribution is -2.30. The predicted molar refractivity (Wildman–Crippen MR) is 98.3 cm³/mol. The van der Waals surface area contributed by atoms with Crippen LogP contribution in [-0.2, 0) is 21.2 Å². The first-order valence-corrected chi connectivity index (χ1v) is 9.43. The van der Waals surface area contributed by atoms with Crippen LogP contribution in [0.15, 0.2) is 28.7 Å². The van der Waals surface area contributed by atoms with Gasteiger partial charge in [0, 0.05) is 5.56 Å². The van der Waals surface area contributed by atoms with Crippen molar-refractivity contribution in [3.8, 4) is 11.5 Å². The van der Waals surface area contributed by atoms with Crippen LogP contribution in [0.25, 0.3) is 11.5 Å². The predicted octanol–water partition coefficient (Wildman–Crippen LogP) is 4.62. The van der Waals surface area contributed by atoms with Gasteiger partial charge in [0.2, 0.25) is 5.89 Å². The van der Waals surface area contributed by atoms with E-state index < -0.39 is 6.10 Å². The Balaban J connectivity index is 1.56. The second-order valence-corrected chi connectivity index (χ2v) is 7.26. The monoisotopic (exact) mass is 358 g/mol. The third-order valence-electron chi connectivity index (χ3n) is 4.76. The molecule has 0 N–H and O–H groups in total. The zero-order valence-corrected chi connectivity index (χ0v) is 15.9. The van der Waals surface area contributed by atoms with Crippen LogP contribution >= 0.6 is 0 Å². The first-order chi connectivity index (χ1) is 12.5. The van der Waals surface area contributed by atoms with Crippen molar-refractivity contribution in [1.29, 1.82) is 0 Å². The van der Waals surface area contributed by atoms with Crippen LogP contribution in [-0.4, -0.2) is 29.9 Å². The van der Waals surface area contributed by atoms with E-state index in [0.29, 0.717) is 12.5 Å². The van der Waals surface area contributed by atoms with Gasteiger partial charge >= 0.3 is 0 Å². The number of ether oxygens (including phenoxy) is 2. The van der Waals surface area contributed by atoms with Crippen LogP contribution in [0.1, 0.15) is 49.6 Å². The quantitative estimate of drug-likeness (QED) is 0.724. The Morgan fingerprint density at radius 2 is 2.00 bits per heavy atom. The Hall–Kier alpha value is -1.69. The van der Waals surface area contributed by atoms with E-state index in [4.69, 9.17) is 13.9 Å². The summed E-state index contributed by atoms with van der Waals surface area (Å²) in [5.74, 6) is 1.43. The van der Waals surface area contributed by atoms with E-state index in [2.05, 4.69) is 24.0 Å². The van der Waals surface area contributed by atoms with Gasteiger partial charge < -0.3 is 13.9 Å². The van der Waals surface area contributed by atoms with Crippen LogP contribution < -0.4 is 0 Å². The standard InChI is InChI=1S/C21H28NO4/c1-14-6-4-7-17(10-14)21-22-20(16(3)26-21)13-25-19-9-5-8-18(11-19)24-12-15(2)23/h4,6-7,10,15,18-19H,5,8-9,11-13H2,1-3H3/t15?,18-,19+/m1/s1. The second kappa shape index (κ2) is 8.80. The van der Waals surface area contributed by atoms with Crippen molar-refractivity contribution in [3.63, 3.8) is 0 Å². The molecule has 0 amide bonds. The second-order valence-electron chi connectivity index (χ2n) is 7.26. The molecule has 2 aromatic rings. The Kier molecular flexibility index (Phi) is 6.46. The van der Waals surface area contributed by atoms with Gasteiger partial charge in [0.25, 0.3) is 0 Å². The number of hydrogen-bond acceptors (Lipinski definition) is 4. The molecule has 1 aliphatic rings. The summed E-state index contributed by atoms with van der Waals surface area (Å²) in [7, 11) is 0. The van der Waals surface area contributed by atoms with Crippen molar-refractivity contribution in [2.75, 3.05) is 6.61 Å². The number of aryl methyl sites for hydroxylation is 2. The molecular weight excluding hydrogens is 330 g/mol. The van der Waals surface area contributed by atoms with E-state index in [-0.39, 0.29) is 18.8 Å². The van der Waals surface area contributed by atoms with Gasteiger partial charge in [-0.15, -0.1) is 0 Å². The van der Waals surface area contributed by atoms with E-state index in [9.17, 15) is 5.11 Å². The molecule has 1 heterocycles. The summed E-state index contributed by atoms with van der Waals surface area (Å²) in [5, 5.41) is 11.2. The number of nitrogens with zero attached hydrogens (tertiary/aromatic N) is 1. The average Bonchev–Trinajstić information content (AvgIpc) is 2.99. The van der Waals surface area contributed by atoms with Crippen molar-refractivity contribution >= 4 is 0 Å². The van der Waals surface area contributed by atoms with Gasteiger partial charge in [0.05, 0.1) is 25.4 Å². The van der Waals surface area contributed by atoms with Gasteiger partial charge in [-0.1, -0.05) is 17.7 Å². The third-order valence-corrected chi connectivity index (χ3v) is 4.76. The van der Waals surface area contributed by atoms with Crippen LogP contribution in [0.2, 0.25) is 0 Å². The first kappa shape index (κ1) is 19.1. The van der Waals surface area contributed by atoms with Gasteiger partial charge in [-0.2, -0.15) is 0 Å². The van der Waals surface area contributed by atoms with Gasteiger partial charge in [0.15, 0.2) is 0 Å². The summed E-state index contributed by atoms with van der Waals surface area (Å²) in [4.78, 5) is 4.62. The number of benzene rings is 1. The lowest BCUT2D eigenvalue weighted by atomic mass is 9.95. The molecule has 1 aliphatic carbocycles. The maximum Gasteiger partial charge on any atom is 0.226 e. The van der Waals surface area contributed by atoms with E-state index in [1.165, 1.54) is 5.56 Å². The Morgan fingerprint density at radius 3 is 2.73 bits per heavy atom. The van der Waals surface area contributed by atoms with Crippen LogP contribution in [0, 0.1) is 13.8 Å². The van der Waals surface area contributed by atoms with Gasteiger partial charge in [0.1, 0.15) is 17.6 Å². The topological polar surface area (TPSA) is 64.4 Å². The lowest BCUT2D eigenvalue weighted by Gasteiger charge is -2.29. The summed E-state index contributed by atoms with van der Waals surface area (Å²) < 4.78 is 17.6. The number of oxazole rings is 1. The maximum absolute atomic E-state index is 11.2. The molecule has 1 fully saturated rings. The minimum Gasteiger partial charge on any atom is -0.441 e. The molecule has 3 atom stereocenters. The number of aromatic nitrogens is 1. The fourth-order valence-electron chi connectivity index (χ4n) is 3.34. The first-order valence-electron chi connectivity index (χ1n) is 9.43. The molecule has 1 aromatic carbocycles. The molecule has 1 unspecified atom stereocenters. The molecule has 0 spiro atoms. The number of hydrogen-bond donors (Lipinski definition) is 0. The van der Waals surface area contributed by atoms with E-state index >= 15 is 0 Å². The third kappa shape index (κ3) is 5.16. The highest BCUT2D eigenvalue weighted by atomic mass is 16.5. The summed E-state index contributed by atoms with van der Waals surface area (Å²) in [6.45, 7) is 6.33. The van der Waals surface area contributed by atoms with Gasteiger partial charge in [-0.25, -0.2) is 10.1 Å². The Morgan fingerprint density at radius 1 is 1.23 bits per heavy atom. The average molecular weight is 358 g/mol. The van der Waals surface area contributed by atoms with Gasteiger partial charge in [-0.05, 0) is 58.6 Å².